The van der Waals surface area contributed by atoms with Crippen molar-refractivity contribution < 1.29 is 4.39 Å². The van der Waals surface area contributed by atoms with Gasteiger partial charge in [-0.15, -0.1) is 0 Å². The third-order valence-corrected chi connectivity index (χ3v) is 5.07. The molecule has 25 heavy (non-hydrogen) atoms. The van der Waals surface area contributed by atoms with Gasteiger partial charge < -0.3 is 0 Å². The van der Waals surface area contributed by atoms with Crippen LogP contribution in [0.4, 0.5) is 4.39 Å². The summed E-state index contributed by atoms with van der Waals surface area (Å²) in [5, 5.41) is 5.48. The molecule has 2 heterocycles. The maximum atomic E-state index is 13.8. The minimum Gasteiger partial charge on any atom is -0.246 e. The van der Waals surface area contributed by atoms with Crippen LogP contribution < -0.4 is 0 Å². The Kier molecular flexibility index (Phi) is 4.24. The lowest BCUT2D eigenvalue weighted by molar-refractivity contribution is 0.617. The summed E-state index contributed by atoms with van der Waals surface area (Å²) in [6, 6.07) is 17.1. The van der Waals surface area contributed by atoms with Crippen molar-refractivity contribution in [2.75, 3.05) is 0 Å². The van der Waals surface area contributed by atoms with Crippen molar-refractivity contribution >= 4 is 17.3 Å². The van der Waals surface area contributed by atoms with E-state index in [9.17, 15) is 4.39 Å². The predicted molar refractivity (Wildman–Crippen MR) is 99.1 cm³/mol. The van der Waals surface area contributed by atoms with Gasteiger partial charge in [0, 0.05) is 23.7 Å². The average Bonchev–Trinajstić information content (AvgIpc) is 3.06. The van der Waals surface area contributed by atoms with Crippen LogP contribution in [-0.4, -0.2) is 14.6 Å². The molecule has 0 fully saturated rings. The van der Waals surface area contributed by atoms with Gasteiger partial charge in [-0.1, -0.05) is 59.8 Å². The summed E-state index contributed by atoms with van der Waals surface area (Å²) in [6.07, 6.45) is 3.56. The first-order valence-corrected chi connectivity index (χ1v) is 8.97. The van der Waals surface area contributed by atoms with Crippen LogP contribution in [0.3, 0.4) is 0 Å². The predicted octanol–water partition coefficient (Wildman–Crippen LogP) is 5.14. The van der Waals surface area contributed by atoms with Crippen molar-refractivity contribution in [3.05, 3.63) is 83.9 Å². The number of benzene rings is 2. The number of aromatic nitrogens is 3. The summed E-state index contributed by atoms with van der Waals surface area (Å²) in [7, 11) is 0. The molecule has 2 aromatic carbocycles. The number of aryl methyl sites for hydroxylation is 1. The Morgan fingerprint density at radius 1 is 1.08 bits per heavy atom. The van der Waals surface area contributed by atoms with E-state index in [1.54, 1.807) is 18.3 Å². The molecule has 0 saturated heterocycles. The van der Waals surface area contributed by atoms with E-state index >= 15 is 0 Å². The highest BCUT2D eigenvalue weighted by Gasteiger charge is 2.10. The maximum absolute atomic E-state index is 13.8. The van der Waals surface area contributed by atoms with Crippen molar-refractivity contribution in [3.8, 4) is 11.3 Å². The molecule has 0 aliphatic carbocycles. The Bertz CT molecular complexity index is 1020. The van der Waals surface area contributed by atoms with E-state index in [4.69, 9.17) is 0 Å². The lowest BCUT2D eigenvalue weighted by atomic mass is 10.1. The molecule has 0 radical (unpaired) electrons. The van der Waals surface area contributed by atoms with Gasteiger partial charge in [0.05, 0.1) is 11.2 Å². The van der Waals surface area contributed by atoms with E-state index in [-0.39, 0.29) is 5.82 Å². The van der Waals surface area contributed by atoms with Crippen molar-refractivity contribution in [3.63, 3.8) is 0 Å². The van der Waals surface area contributed by atoms with Crippen LogP contribution in [0.5, 0.6) is 0 Å². The van der Waals surface area contributed by atoms with E-state index < -0.39 is 0 Å². The quantitative estimate of drug-likeness (QED) is 0.478. The molecule has 0 N–H and O–H groups in total. The smallest absolute Gasteiger partial charge is 0.127 e. The molecule has 0 atom stereocenters. The molecular weight excluding hydrogens is 333 g/mol. The fourth-order valence-electron chi connectivity index (χ4n) is 2.64. The van der Waals surface area contributed by atoms with Crippen LogP contribution in [0.2, 0.25) is 0 Å². The maximum Gasteiger partial charge on any atom is 0.127 e. The van der Waals surface area contributed by atoms with Gasteiger partial charge >= 0.3 is 0 Å². The largest absolute Gasteiger partial charge is 0.246 e. The fourth-order valence-corrected chi connectivity index (χ4v) is 3.60. The van der Waals surface area contributed by atoms with Crippen molar-refractivity contribution in [2.45, 2.75) is 17.7 Å². The normalized spacial score (nSPS) is 11.1. The number of hydrogen-bond acceptors (Lipinski definition) is 3. The summed E-state index contributed by atoms with van der Waals surface area (Å²) in [6.45, 7) is 2.06. The topological polar surface area (TPSA) is 30.2 Å². The highest BCUT2D eigenvalue weighted by atomic mass is 32.2. The van der Waals surface area contributed by atoms with Gasteiger partial charge in [0.1, 0.15) is 10.8 Å². The molecule has 3 nitrogen and oxygen atoms in total. The van der Waals surface area contributed by atoms with Gasteiger partial charge in [-0.25, -0.2) is 13.9 Å². The molecule has 124 valence electrons. The lowest BCUT2D eigenvalue weighted by Crippen LogP contribution is -1.92. The number of thioether (sulfide) groups is 1. The van der Waals surface area contributed by atoms with Crippen LogP contribution in [-0.2, 0) is 5.75 Å². The molecule has 0 amide bonds. The molecule has 4 aromatic rings. The summed E-state index contributed by atoms with van der Waals surface area (Å²) in [5.41, 5.74) is 4.80. The second kappa shape index (κ2) is 6.69. The van der Waals surface area contributed by atoms with E-state index in [0.29, 0.717) is 11.3 Å². The van der Waals surface area contributed by atoms with Gasteiger partial charge in [0.25, 0.3) is 0 Å². The summed E-state index contributed by atoms with van der Waals surface area (Å²) in [4.78, 5) is 4.45. The second-order valence-corrected chi connectivity index (χ2v) is 6.80. The number of rotatable bonds is 4. The molecule has 5 heteroatoms. The van der Waals surface area contributed by atoms with Crippen LogP contribution >= 0.6 is 11.8 Å². The summed E-state index contributed by atoms with van der Waals surface area (Å²) >= 11 is 1.52. The van der Waals surface area contributed by atoms with Crippen LogP contribution in [0.1, 0.15) is 11.1 Å². The second-order valence-electron chi connectivity index (χ2n) is 5.84. The third kappa shape index (κ3) is 3.28. The molecule has 0 spiro atoms. The molecule has 0 saturated carbocycles. The van der Waals surface area contributed by atoms with Gasteiger partial charge in [-0.2, -0.15) is 5.10 Å². The SMILES string of the molecule is Cc1ccc(-c2cc3c(SCc4ccccc4F)nccn3n2)cc1. The Morgan fingerprint density at radius 2 is 1.88 bits per heavy atom. The number of hydrogen-bond donors (Lipinski definition) is 0. The third-order valence-electron chi connectivity index (χ3n) is 4.02. The van der Waals surface area contributed by atoms with E-state index in [1.807, 2.05) is 22.8 Å². The molecule has 4 rings (SSSR count). The minimum atomic E-state index is -0.184. The van der Waals surface area contributed by atoms with Crippen LogP contribution in [0, 0.1) is 12.7 Å². The average molecular weight is 349 g/mol. The molecule has 2 aromatic heterocycles. The Labute approximate surface area is 149 Å². The highest BCUT2D eigenvalue weighted by molar-refractivity contribution is 7.98. The first-order valence-electron chi connectivity index (χ1n) is 7.98. The first kappa shape index (κ1) is 15.8. The Hall–Kier alpha value is -2.66. The highest BCUT2D eigenvalue weighted by Crippen LogP contribution is 2.28. The Balaban J connectivity index is 1.66. The monoisotopic (exact) mass is 349 g/mol. The van der Waals surface area contributed by atoms with E-state index in [0.717, 1.165) is 21.8 Å². The standard InChI is InChI=1S/C20H16FN3S/c1-14-6-8-15(9-7-14)18-12-19-20(22-10-11-24(19)23-18)25-13-16-4-2-3-5-17(16)21/h2-12H,13H2,1H3. The zero-order valence-corrected chi connectivity index (χ0v) is 14.5. The number of halogens is 1. The Morgan fingerprint density at radius 3 is 2.68 bits per heavy atom. The fraction of sp³-hybridized carbons (Fsp3) is 0.100. The molecule has 0 aliphatic heterocycles. The zero-order valence-electron chi connectivity index (χ0n) is 13.7. The van der Waals surface area contributed by atoms with Crippen molar-refractivity contribution in [1.29, 1.82) is 0 Å². The van der Waals surface area contributed by atoms with E-state index in [2.05, 4.69) is 41.3 Å². The number of nitrogens with zero attached hydrogens (tertiary/aromatic N) is 3. The molecule has 0 unspecified atom stereocenters. The van der Waals surface area contributed by atoms with Gasteiger partial charge in [0.15, 0.2) is 0 Å². The van der Waals surface area contributed by atoms with Gasteiger partial charge in [-0.3, -0.25) is 0 Å². The summed E-state index contributed by atoms with van der Waals surface area (Å²) < 4.78 is 15.6. The molecule has 0 bridgehead atoms. The summed E-state index contributed by atoms with van der Waals surface area (Å²) in [5.74, 6) is 0.348. The van der Waals surface area contributed by atoms with Crippen molar-refractivity contribution in [1.82, 2.24) is 14.6 Å². The number of fused-ring (bicyclic) bond motifs is 1. The molecule has 0 aliphatic rings. The van der Waals surface area contributed by atoms with Gasteiger partial charge in [0.2, 0.25) is 0 Å². The lowest BCUT2D eigenvalue weighted by Gasteiger charge is -2.04. The zero-order chi connectivity index (χ0) is 17.2. The van der Waals surface area contributed by atoms with Gasteiger partial charge in [-0.05, 0) is 24.6 Å². The molecular formula is C20H16FN3S. The minimum absolute atomic E-state index is 0.184. The van der Waals surface area contributed by atoms with Crippen molar-refractivity contribution in [2.24, 2.45) is 0 Å². The van der Waals surface area contributed by atoms with Crippen LogP contribution in [0.25, 0.3) is 16.8 Å². The van der Waals surface area contributed by atoms with Crippen LogP contribution in [0.15, 0.2) is 72.0 Å². The van der Waals surface area contributed by atoms with E-state index in [1.165, 1.54) is 23.4 Å². The first-order chi connectivity index (χ1) is 12.2.